The maximum atomic E-state index is 3.43. The third kappa shape index (κ3) is 9.49. The number of hydrogen-bond donors (Lipinski definition) is 1. The van der Waals surface area contributed by atoms with Crippen LogP contribution in [0.4, 0.5) is 0 Å². The van der Waals surface area contributed by atoms with E-state index in [1.807, 2.05) is 0 Å². The molecule has 1 aromatic rings. The third-order valence-corrected chi connectivity index (χ3v) is 3.33. The monoisotopic (exact) mass is 259 g/mol. The molecule has 0 saturated carbocycles. The smallest absolute Gasteiger partial charge is 0.0208 e. The summed E-state index contributed by atoms with van der Waals surface area (Å²) in [6.07, 6.45) is 14.1. The van der Waals surface area contributed by atoms with Crippen molar-refractivity contribution in [2.24, 2.45) is 0 Å². The molecular formula is C18H29N. The van der Waals surface area contributed by atoms with E-state index in [9.17, 15) is 0 Å². The van der Waals surface area contributed by atoms with Crippen LogP contribution in [-0.2, 0) is 6.54 Å². The lowest BCUT2D eigenvalue weighted by atomic mass is 10.1. The summed E-state index contributed by atoms with van der Waals surface area (Å²) in [6, 6.07) is 10.6. The second-order valence-electron chi connectivity index (χ2n) is 5.14. The van der Waals surface area contributed by atoms with Crippen molar-refractivity contribution >= 4 is 0 Å². The van der Waals surface area contributed by atoms with Gasteiger partial charge in [-0.15, -0.1) is 0 Å². The Morgan fingerprint density at radius 2 is 1.63 bits per heavy atom. The van der Waals surface area contributed by atoms with E-state index >= 15 is 0 Å². The molecule has 1 nitrogen and oxygen atoms in total. The number of rotatable bonds is 11. The van der Waals surface area contributed by atoms with Gasteiger partial charge in [0, 0.05) is 13.1 Å². The van der Waals surface area contributed by atoms with Crippen LogP contribution >= 0.6 is 0 Å². The van der Waals surface area contributed by atoms with Crippen LogP contribution in [-0.4, -0.2) is 6.54 Å². The Morgan fingerprint density at radius 3 is 2.42 bits per heavy atom. The van der Waals surface area contributed by atoms with Crippen LogP contribution in [0.5, 0.6) is 0 Å². The maximum absolute atomic E-state index is 3.43. The van der Waals surface area contributed by atoms with Crippen LogP contribution < -0.4 is 5.32 Å². The first-order chi connectivity index (χ1) is 9.43. The quantitative estimate of drug-likeness (QED) is 0.431. The molecule has 0 radical (unpaired) electrons. The van der Waals surface area contributed by atoms with Gasteiger partial charge in [-0.3, -0.25) is 0 Å². The van der Waals surface area contributed by atoms with Crippen LogP contribution in [0.15, 0.2) is 42.5 Å². The van der Waals surface area contributed by atoms with Crippen LogP contribution in [0.2, 0.25) is 0 Å². The summed E-state index contributed by atoms with van der Waals surface area (Å²) in [5, 5.41) is 3.43. The zero-order valence-electron chi connectivity index (χ0n) is 12.4. The maximum Gasteiger partial charge on any atom is 0.0208 e. The summed E-state index contributed by atoms with van der Waals surface area (Å²) in [5.74, 6) is 0. The molecular weight excluding hydrogens is 230 g/mol. The van der Waals surface area contributed by atoms with Gasteiger partial charge in [0.1, 0.15) is 0 Å². The van der Waals surface area contributed by atoms with Crippen molar-refractivity contribution in [2.75, 3.05) is 6.54 Å². The molecule has 0 aliphatic heterocycles. The number of nitrogens with one attached hydrogen (secondary N) is 1. The zero-order valence-corrected chi connectivity index (χ0v) is 12.4. The Bertz CT molecular complexity index is 316. The van der Waals surface area contributed by atoms with Gasteiger partial charge in [0.25, 0.3) is 0 Å². The Morgan fingerprint density at radius 1 is 0.895 bits per heavy atom. The lowest BCUT2D eigenvalue weighted by Gasteiger charge is -2.01. The molecule has 0 spiro atoms. The molecule has 0 saturated heterocycles. The van der Waals surface area contributed by atoms with Crippen LogP contribution in [0.1, 0.15) is 57.4 Å². The van der Waals surface area contributed by atoms with Gasteiger partial charge in [-0.25, -0.2) is 0 Å². The summed E-state index contributed by atoms with van der Waals surface area (Å²) in [6.45, 7) is 4.21. The predicted octanol–water partition coefficient (Wildman–Crippen LogP) is 5.08. The molecule has 1 rings (SSSR count). The molecule has 0 bridgehead atoms. The van der Waals surface area contributed by atoms with Crippen molar-refractivity contribution in [3.05, 3.63) is 48.0 Å². The fraction of sp³-hybridized carbons (Fsp3) is 0.556. The largest absolute Gasteiger partial charge is 0.309 e. The van der Waals surface area contributed by atoms with Crippen LogP contribution in [0.3, 0.4) is 0 Å². The van der Waals surface area contributed by atoms with Gasteiger partial charge in [0.2, 0.25) is 0 Å². The highest BCUT2D eigenvalue weighted by Crippen LogP contribution is 2.06. The molecule has 0 amide bonds. The molecule has 0 aromatic heterocycles. The average molecular weight is 259 g/mol. The van der Waals surface area contributed by atoms with Crippen molar-refractivity contribution in [2.45, 2.75) is 58.4 Å². The average Bonchev–Trinajstić information content (AvgIpc) is 2.46. The standard InChI is InChI=1S/C18H29N/c1-2-3-4-5-6-7-8-9-13-16-19-17-18-14-11-10-12-15-18/h9-15,19H,2-8,16-17H2,1H3/b13-9+. The van der Waals surface area contributed by atoms with E-state index in [1.54, 1.807) is 0 Å². The van der Waals surface area contributed by atoms with Crippen LogP contribution in [0, 0.1) is 0 Å². The molecule has 1 aromatic carbocycles. The topological polar surface area (TPSA) is 12.0 Å². The summed E-state index contributed by atoms with van der Waals surface area (Å²) in [4.78, 5) is 0. The molecule has 1 N–H and O–H groups in total. The Balaban J connectivity index is 1.88. The van der Waals surface area contributed by atoms with Crippen molar-refractivity contribution < 1.29 is 0 Å². The zero-order chi connectivity index (χ0) is 13.6. The first-order valence-electron chi connectivity index (χ1n) is 7.83. The highest BCUT2D eigenvalue weighted by molar-refractivity contribution is 5.14. The second kappa shape index (κ2) is 12.0. The van der Waals surface area contributed by atoms with E-state index in [-0.39, 0.29) is 0 Å². The third-order valence-electron chi connectivity index (χ3n) is 3.33. The molecule has 0 unspecified atom stereocenters. The van der Waals surface area contributed by atoms with Gasteiger partial charge < -0.3 is 5.32 Å². The molecule has 0 aliphatic rings. The Kier molecular flexibility index (Phi) is 10.1. The first kappa shape index (κ1) is 16.0. The lowest BCUT2D eigenvalue weighted by Crippen LogP contribution is -2.12. The van der Waals surface area contributed by atoms with Gasteiger partial charge >= 0.3 is 0 Å². The van der Waals surface area contributed by atoms with Crippen molar-refractivity contribution in [3.8, 4) is 0 Å². The number of hydrogen-bond acceptors (Lipinski definition) is 1. The summed E-state index contributed by atoms with van der Waals surface area (Å²) < 4.78 is 0. The summed E-state index contributed by atoms with van der Waals surface area (Å²) in [5.41, 5.74) is 1.35. The molecule has 0 atom stereocenters. The number of benzene rings is 1. The highest BCUT2D eigenvalue weighted by atomic mass is 14.8. The van der Waals surface area contributed by atoms with E-state index in [2.05, 4.69) is 54.7 Å². The first-order valence-corrected chi connectivity index (χ1v) is 7.83. The molecule has 1 heteroatoms. The Labute approximate surface area is 119 Å². The van der Waals surface area contributed by atoms with Gasteiger partial charge in [-0.05, 0) is 18.4 Å². The van der Waals surface area contributed by atoms with E-state index in [4.69, 9.17) is 0 Å². The Hall–Kier alpha value is -1.08. The number of unbranched alkanes of at least 4 members (excludes halogenated alkanes) is 6. The fourth-order valence-corrected chi connectivity index (χ4v) is 2.14. The highest BCUT2D eigenvalue weighted by Gasteiger charge is 1.89. The lowest BCUT2D eigenvalue weighted by molar-refractivity contribution is 0.611. The molecule has 0 heterocycles. The van der Waals surface area contributed by atoms with E-state index in [0.29, 0.717) is 0 Å². The van der Waals surface area contributed by atoms with E-state index < -0.39 is 0 Å². The number of allylic oxidation sites excluding steroid dienone is 1. The van der Waals surface area contributed by atoms with Crippen molar-refractivity contribution in [1.82, 2.24) is 5.32 Å². The summed E-state index contributed by atoms with van der Waals surface area (Å²) >= 11 is 0. The van der Waals surface area contributed by atoms with Gasteiger partial charge in [0.05, 0.1) is 0 Å². The van der Waals surface area contributed by atoms with Crippen molar-refractivity contribution in [3.63, 3.8) is 0 Å². The van der Waals surface area contributed by atoms with Gasteiger partial charge in [0.15, 0.2) is 0 Å². The van der Waals surface area contributed by atoms with Gasteiger partial charge in [-0.2, -0.15) is 0 Å². The minimum atomic E-state index is 0.961. The van der Waals surface area contributed by atoms with Crippen LogP contribution in [0.25, 0.3) is 0 Å². The normalized spacial score (nSPS) is 11.2. The molecule has 0 fully saturated rings. The molecule has 0 aliphatic carbocycles. The SMILES string of the molecule is CCCCCCCC/C=C/CNCc1ccccc1. The minimum Gasteiger partial charge on any atom is -0.309 e. The molecule has 19 heavy (non-hydrogen) atoms. The minimum absolute atomic E-state index is 0.961. The van der Waals surface area contributed by atoms with Gasteiger partial charge in [-0.1, -0.05) is 81.5 Å². The predicted molar refractivity (Wildman–Crippen MR) is 85.3 cm³/mol. The molecule has 106 valence electrons. The fourth-order valence-electron chi connectivity index (χ4n) is 2.14. The van der Waals surface area contributed by atoms with E-state index in [1.165, 1.54) is 50.5 Å². The second-order valence-corrected chi connectivity index (χ2v) is 5.14. The van der Waals surface area contributed by atoms with Crippen molar-refractivity contribution in [1.29, 1.82) is 0 Å². The summed E-state index contributed by atoms with van der Waals surface area (Å²) in [7, 11) is 0. The van der Waals surface area contributed by atoms with E-state index in [0.717, 1.165) is 13.1 Å².